The van der Waals surface area contributed by atoms with Crippen LogP contribution in [0, 0.1) is 5.92 Å². The Bertz CT molecular complexity index is 858. The minimum Gasteiger partial charge on any atom is -0.484 e. The molecule has 1 aromatic carbocycles. The van der Waals surface area contributed by atoms with E-state index >= 15 is 0 Å². The number of nitrogens with zero attached hydrogens (tertiary/aromatic N) is 1. The Morgan fingerprint density at radius 3 is 2.54 bits per heavy atom. The molecule has 1 N–H and O–H groups in total. The molecule has 1 amide bonds. The molecule has 1 aliphatic carbocycles. The van der Waals surface area contributed by atoms with Crippen molar-refractivity contribution in [1.82, 2.24) is 5.32 Å². The highest BCUT2D eigenvalue weighted by Crippen LogP contribution is 2.26. The Morgan fingerprint density at radius 2 is 1.89 bits per heavy atom. The quantitative estimate of drug-likeness (QED) is 0.705. The summed E-state index contributed by atoms with van der Waals surface area (Å²) in [4.78, 5) is 12.0. The predicted octanol–water partition coefficient (Wildman–Crippen LogP) is 3.65. The van der Waals surface area contributed by atoms with Crippen molar-refractivity contribution in [3.05, 3.63) is 41.8 Å². The first kappa shape index (κ1) is 20.7. The Morgan fingerprint density at radius 1 is 1.18 bits per heavy atom. The Balaban J connectivity index is 1.49. The maximum Gasteiger partial charge on any atom is 0.273 e. The number of carbonyl (C=O) groups is 1. The average molecular weight is 423 g/mol. The van der Waals surface area contributed by atoms with Gasteiger partial charge in [0.25, 0.3) is 15.9 Å². The maximum atomic E-state index is 12.5. The van der Waals surface area contributed by atoms with Crippen LogP contribution in [0.1, 0.15) is 32.1 Å². The van der Waals surface area contributed by atoms with E-state index in [-0.39, 0.29) is 12.5 Å². The number of ether oxygens (including phenoxy) is 1. The van der Waals surface area contributed by atoms with Gasteiger partial charge in [0.2, 0.25) is 0 Å². The van der Waals surface area contributed by atoms with E-state index < -0.39 is 10.0 Å². The van der Waals surface area contributed by atoms with Crippen LogP contribution in [0.3, 0.4) is 0 Å². The van der Waals surface area contributed by atoms with Crippen LogP contribution in [0.5, 0.6) is 5.75 Å². The Labute approximate surface area is 170 Å². The second kappa shape index (κ2) is 9.43. The minimum absolute atomic E-state index is 0.0462. The van der Waals surface area contributed by atoms with Crippen LogP contribution in [0.4, 0.5) is 5.69 Å². The number of hydrogen-bond donors (Lipinski definition) is 1. The van der Waals surface area contributed by atoms with E-state index in [0.717, 1.165) is 0 Å². The van der Waals surface area contributed by atoms with Crippen molar-refractivity contribution < 1.29 is 17.9 Å². The van der Waals surface area contributed by atoms with Gasteiger partial charge in [0, 0.05) is 13.6 Å². The monoisotopic (exact) mass is 422 g/mol. The van der Waals surface area contributed by atoms with E-state index in [2.05, 4.69) is 5.32 Å². The summed E-state index contributed by atoms with van der Waals surface area (Å²) in [7, 11) is -2.04. The lowest BCUT2D eigenvalue weighted by atomic mass is 9.89. The Hall–Kier alpha value is -2.06. The van der Waals surface area contributed by atoms with Crippen molar-refractivity contribution in [2.75, 3.05) is 24.5 Å². The number of thiophene rings is 1. The van der Waals surface area contributed by atoms with E-state index in [1.807, 2.05) is 0 Å². The largest absolute Gasteiger partial charge is 0.484 e. The number of hydrogen-bond acceptors (Lipinski definition) is 5. The fourth-order valence-corrected chi connectivity index (χ4v) is 5.64. The molecule has 0 bridgehead atoms. The number of nitrogens with one attached hydrogen (secondary N) is 1. The summed E-state index contributed by atoms with van der Waals surface area (Å²) >= 11 is 1.18. The topological polar surface area (TPSA) is 75.7 Å². The summed E-state index contributed by atoms with van der Waals surface area (Å²) in [5, 5.41) is 4.67. The van der Waals surface area contributed by atoms with Crippen molar-refractivity contribution in [3.8, 4) is 5.75 Å². The molecule has 1 aliphatic rings. The van der Waals surface area contributed by atoms with Crippen molar-refractivity contribution in [2.45, 2.75) is 36.3 Å². The molecular formula is C20H26N2O4S2. The van der Waals surface area contributed by atoms with E-state index in [1.54, 1.807) is 41.8 Å². The molecule has 8 heteroatoms. The van der Waals surface area contributed by atoms with E-state index in [9.17, 15) is 13.2 Å². The van der Waals surface area contributed by atoms with Crippen LogP contribution in [0.25, 0.3) is 0 Å². The number of benzene rings is 1. The van der Waals surface area contributed by atoms with E-state index in [4.69, 9.17) is 4.74 Å². The predicted molar refractivity (Wildman–Crippen MR) is 111 cm³/mol. The molecule has 1 fully saturated rings. The van der Waals surface area contributed by atoms with Gasteiger partial charge in [-0.15, -0.1) is 11.3 Å². The lowest BCUT2D eigenvalue weighted by Crippen LogP contribution is -2.33. The maximum absolute atomic E-state index is 12.5. The lowest BCUT2D eigenvalue weighted by Gasteiger charge is -2.21. The van der Waals surface area contributed by atoms with Gasteiger partial charge in [-0.2, -0.15) is 0 Å². The molecule has 1 aromatic heterocycles. The number of anilines is 1. The first-order valence-corrected chi connectivity index (χ1v) is 11.8. The summed E-state index contributed by atoms with van der Waals surface area (Å²) in [6.45, 7) is 0.669. The molecule has 0 unspecified atom stereocenters. The Kier molecular flexibility index (Phi) is 6.96. The minimum atomic E-state index is -3.56. The summed E-state index contributed by atoms with van der Waals surface area (Å²) in [5.41, 5.74) is 0.530. The standard InChI is InChI=1S/C20H26N2O4S2/c1-22(28(24,25)20-8-5-13-27-20)17-9-11-18(12-10-17)26-15-19(23)21-14-16-6-3-2-4-7-16/h5,8-13,16H,2-4,6-7,14-15H2,1H3,(H,21,23). The molecule has 152 valence electrons. The van der Waals surface area contributed by atoms with Crippen LogP contribution in [-0.4, -0.2) is 34.5 Å². The molecule has 6 nitrogen and oxygen atoms in total. The van der Waals surface area contributed by atoms with Gasteiger partial charge in [-0.25, -0.2) is 8.42 Å². The first-order chi connectivity index (χ1) is 13.5. The van der Waals surface area contributed by atoms with Crippen LogP contribution in [-0.2, 0) is 14.8 Å². The van der Waals surface area contributed by atoms with Gasteiger partial charge in [0.05, 0.1) is 5.69 Å². The number of carbonyl (C=O) groups excluding carboxylic acids is 1. The van der Waals surface area contributed by atoms with Gasteiger partial charge in [-0.05, 0) is 54.5 Å². The summed E-state index contributed by atoms with van der Waals surface area (Å²) in [6, 6.07) is 9.97. The van der Waals surface area contributed by atoms with Crippen LogP contribution in [0.2, 0.25) is 0 Å². The number of sulfonamides is 1. The summed E-state index contributed by atoms with van der Waals surface area (Å²) < 4.78 is 32.2. The molecule has 0 saturated heterocycles. The second-order valence-corrected chi connectivity index (χ2v) is 10.1. The third-order valence-electron chi connectivity index (χ3n) is 4.99. The highest BCUT2D eigenvalue weighted by Gasteiger charge is 2.22. The molecule has 0 atom stereocenters. The molecular weight excluding hydrogens is 396 g/mol. The molecule has 0 radical (unpaired) electrons. The molecule has 28 heavy (non-hydrogen) atoms. The molecule has 1 heterocycles. The molecule has 1 saturated carbocycles. The van der Waals surface area contributed by atoms with Crippen LogP contribution >= 0.6 is 11.3 Å². The molecule has 0 spiro atoms. The van der Waals surface area contributed by atoms with Crippen molar-refractivity contribution >= 4 is 33.0 Å². The van der Waals surface area contributed by atoms with Crippen LogP contribution in [0.15, 0.2) is 46.0 Å². The summed E-state index contributed by atoms with van der Waals surface area (Å²) in [6.07, 6.45) is 6.17. The van der Waals surface area contributed by atoms with Crippen LogP contribution < -0.4 is 14.4 Å². The molecule has 3 rings (SSSR count). The third kappa shape index (κ3) is 5.26. The normalized spacial score (nSPS) is 15.2. The first-order valence-electron chi connectivity index (χ1n) is 9.49. The summed E-state index contributed by atoms with van der Waals surface area (Å²) in [5.74, 6) is 0.975. The zero-order valence-electron chi connectivity index (χ0n) is 16.0. The zero-order chi connectivity index (χ0) is 20.0. The van der Waals surface area contributed by atoms with Gasteiger partial charge in [-0.3, -0.25) is 9.10 Å². The number of amides is 1. The number of rotatable bonds is 8. The van der Waals surface area contributed by atoms with Gasteiger partial charge in [0.1, 0.15) is 9.96 Å². The SMILES string of the molecule is CN(c1ccc(OCC(=O)NCC2CCCCC2)cc1)S(=O)(=O)c1cccs1. The zero-order valence-corrected chi connectivity index (χ0v) is 17.6. The van der Waals surface area contributed by atoms with Gasteiger partial charge >= 0.3 is 0 Å². The third-order valence-corrected chi connectivity index (χ3v) is 8.15. The highest BCUT2D eigenvalue weighted by molar-refractivity contribution is 7.94. The lowest BCUT2D eigenvalue weighted by molar-refractivity contribution is -0.123. The fourth-order valence-electron chi connectivity index (χ4n) is 3.29. The fraction of sp³-hybridized carbons (Fsp3) is 0.450. The van der Waals surface area contributed by atoms with Crippen molar-refractivity contribution in [2.24, 2.45) is 5.92 Å². The molecule has 2 aromatic rings. The van der Waals surface area contributed by atoms with Gasteiger partial charge < -0.3 is 10.1 Å². The van der Waals surface area contributed by atoms with Crippen molar-refractivity contribution in [3.63, 3.8) is 0 Å². The average Bonchev–Trinajstić information content (AvgIpc) is 3.27. The van der Waals surface area contributed by atoms with Crippen molar-refractivity contribution in [1.29, 1.82) is 0 Å². The van der Waals surface area contributed by atoms with Gasteiger partial charge in [0.15, 0.2) is 6.61 Å². The molecule has 0 aliphatic heterocycles. The van der Waals surface area contributed by atoms with Gasteiger partial charge in [-0.1, -0.05) is 25.3 Å². The van der Waals surface area contributed by atoms with E-state index in [1.165, 1.54) is 54.8 Å². The second-order valence-electron chi connectivity index (χ2n) is 7.00. The van der Waals surface area contributed by atoms with E-state index in [0.29, 0.717) is 28.1 Å². The highest BCUT2D eigenvalue weighted by atomic mass is 32.2. The smallest absolute Gasteiger partial charge is 0.273 e.